The van der Waals surface area contributed by atoms with E-state index >= 15 is 0 Å². The Balaban J connectivity index is 2.72. The number of thiophene rings is 1. The molecule has 0 saturated heterocycles. The lowest BCUT2D eigenvalue weighted by Crippen LogP contribution is -2.15. The third kappa shape index (κ3) is 1.99. The Hall–Kier alpha value is -0.670. The molecule has 0 amide bonds. The lowest BCUT2D eigenvalue weighted by atomic mass is 9.96. The van der Waals surface area contributed by atoms with Crippen molar-refractivity contribution in [3.8, 4) is 0 Å². The van der Waals surface area contributed by atoms with Gasteiger partial charge in [-0.3, -0.25) is 0 Å². The molecule has 2 aromatic heterocycles. The molecular weight excluding hydrogens is 228 g/mol. The highest BCUT2D eigenvalue weighted by atomic mass is 35.5. The second-order valence-electron chi connectivity index (χ2n) is 4.66. The smallest absolute Gasteiger partial charge is 0.141 e. The number of fused-ring (bicyclic) bond motifs is 1. The van der Waals surface area contributed by atoms with Gasteiger partial charge >= 0.3 is 0 Å². The van der Waals surface area contributed by atoms with Crippen LogP contribution in [-0.4, -0.2) is 9.97 Å². The Bertz CT molecular complexity index is 511. The van der Waals surface area contributed by atoms with Gasteiger partial charge in [0.1, 0.15) is 15.8 Å². The molecule has 0 aliphatic rings. The Labute approximate surface area is 98.3 Å². The summed E-state index contributed by atoms with van der Waals surface area (Å²) in [5.41, 5.74) is -0.0598. The van der Waals surface area contributed by atoms with Crippen LogP contribution in [0.2, 0.25) is 5.15 Å². The van der Waals surface area contributed by atoms with Crippen molar-refractivity contribution < 1.29 is 0 Å². The van der Waals surface area contributed by atoms with E-state index in [1.807, 2.05) is 6.07 Å². The van der Waals surface area contributed by atoms with Crippen molar-refractivity contribution in [2.45, 2.75) is 33.1 Å². The molecule has 2 nitrogen and oxygen atoms in total. The minimum atomic E-state index is -0.0598. The van der Waals surface area contributed by atoms with Gasteiger partial charge in [0, 0.05) is 15.7 Å². The normalized spacial score (nSPS) is 12.3. The molecular formula is C11H13ClN2S. The second kappa shape index (κ2) is 3.42. The number of halogens is 1. The first-order valence-electron chi connectivity index (χ1n) is 4.82. The van der Waals surface area contributed by atoms with Gasteiger partial charge in [0.2, 0.25) is 0 Å². The van der Waals surface area contributed by atoms with Gasteiger partial charge in [0.15, 0.2) is 0 Å². The van der Waals surface area contributed by atoms with Crippen molar-refractivity contribution in [3.05, 3.63) is 21.9 Å². The Morgan fingerprint density at radius 3 is 2.53 bits per heavy atom. The predicted molar refractivity (Wildman–Crippen MR) is 65.9 cm³/mol. The van der Waals surface area contributed by atoms with Gasteiger partial charge in [-0.2, -0.15) is 0 Å². The van der Waals surface area contributed by atoms with Crippen molar-refractivity contribution in [3.63, 3.8) is 0 Å². The number of hydrogen-bond donors (Lipinski definition) is 0. The average molecular weight is 241 g/mol. The summed E-state index contributed by atoms with van der Waals surface area (Å²) in [7, 11) is 0. The summed E-state index contributed by atoms with van der Waals surface area (Å²) in [4.78, 5) is 11.1. The standard InChI is InChI=1S/C11H13ClN2S/c1-6-5-7-8(12)13-10(11(2,3)4)14-9(7)15-6/h5H,1-4H3. The molecule has 0 unspecified atom stereocenters. The van der Waals surface area contributed by atoms with E-state index in [1.165, 1.54) is 4.88 Å². The van der Waals surface area contributed by atoms with Crippen LogP contribution in [0.15, 0.2) is 6.07 Å². The Morgan fingerprint density at radius 2 is 1.93 bits per heavy atom. The van der Waals surface area contributed by atoms with Crippen LogP contribution >= 0.6 is 22.9 Å². The quantitative estimate of drug-likeness (QED) is 0.652. The average Bonchev–Trinajstić information content (AvgIpc) is 2.44. The van der Waals surface area contributed by atoms with Crippen LogP contribution in [-0.2, 0) is 5.41 Å². The molecule has 0 fully saturated rings. The zero-order valence-corrected chi connectivity index (χ0v) is 10.8. The first-order chi connectivity index (χ1) is 6.88. The fourth-order valence-corrected chi connectivity index (χ4v) is 2.50. The molecule has 0 atom stereocenters. The maximum Gasteiger partial charge on any atom is 0.141 e. The van der Waals surface area contributed by atoms with E-state index in [4.69, 9.17) is 11.6 Å². The van der Waals surface area contributed by atoms with Gasteiger partial charge in [-0.1, -0.05) is 32.4 Å². The molecule has 4 heteroatoms. The molecule has 0 spiro atoms. The van der Waals surface area contributed by atoms with Crippen LogP contribution in [0.3, 0.4) is 0 Å². The Kier molecular flexibility index (Phi) is 2.47. The van der Waals surface area contributed by atoms with E-state index in [0.717, 1.165) is 16.0 Å². The van der Waals surface area contributed by atoms with Crippen LogP contribution < -0.4 is 0 Å². The molecule has 0 N–H and O–H groups in total. The first-order valence-corrected chi connectivity index (χ1v) is 6.01. The third-order valence-corrected chi connectivity index (χ3v) is 3.37. The van der Waals surface area contributed by atoms with Gasteiger partial charge in [0.25, 0.3) is 0 Å². The van der Waals surface area contributed by atoms with Gasteiger partial charge in [0.05, 0.1) is 0 Å². The Morgan fingerprint density at radius 1 is 1.27 bits per heavy atom. The van der Waals surface area contributed by atoms with Gasteiger partial charge in [-0.15, -0.1) is 11.3 Å². The first kappa shape index (κ1) is 10.8. The van der Waals surface area contributed by atoms with Crippen molar-refractivity contribution >= 4 is 33.2 Å². The zero-order valence-electron chi connectivity index (χ0n) is 9.26. The fraction of sp³-hybridized carbons (Fsp3) is 0.455. The highest BCUT2D eigenvalue weighted by Crippen LogP contribution is 2.30. The van der Waals surface area contributed by atoms with Crippen LogP contribution in [0.1, 0.15) is 31.5 Å². The molecule has 0 radical (unpaired) electrons. The molecule has 2 heterocycles. The molecule has 0 bridgehead atoms. The van der Waals surface area contributed by atoms with Crippen molar-refractivity contribution in [2.24, 2.45) is 0 Å². The maximum absolute atomic E-state index is 6.14. The number of rotatable bonds is 0. The molecule has 0 aromatic carbocycles. The zero-order chi connectivity index (χ0) is 11.2. The maximum atomic E-state index is 6.14. The number of aryl methyl sites for hydroxylation is 1. The van der Waals surface area contributed by atoms with E-state index in [-0.39, 0.29) is 5.41 Å². The van der Waals surface area contributed by atoms with Crippen LogP contribution in [0.4, 0.5) is 0 Å². The molecule has 80 valence electrons. The summed E-state index contributed by atoms with van der Waals surface area (Å²) >= 11 is 7.80. The molecule has 0 saturated carbocycles. The molecule has 15 heavy (non-hydrogen) atoms. The molecule has 0 aliphatic heterocycles. The lowest BCUT2D eigenvalue weighted by Gasteiger charge is -2.16. The van der Waals surface area contributed by atoms with Crippen LogP contribution in [0, 0.1) is 6.92 Å². The van der Waals surface area contributed by atoms with E-state index in [1.54, 1.807) is 11.3 Å². The van der Waals surface area contributed by atoms with Gasteiger partial charge in [-0.05, 0) is 13.0 Å². The van der Waals surface area contributed by atoms with Crippen molar-refractivity contribution in [1.29, 1.82) is 0 Å². The van der Waals surface area contributed by atoms with Gasteiger partial charge < -0.3 is 0 Å². The largest absolute Gasteiger partial charge is 0.221 e. The fourth-order valence-electron chi connectivity index (χ4n) is 1.34. The van der Waals surface area contributed by atoms with Crippen LogP contribution in [0.25, 0.3) is 10.2 Å². The minimum Gasteiger partial charge on any atom is -0.221 e. The summed E-state index contributed by atoms with van der Waals surface area (Å²) in [6.45, 7) is 8.32. The van der Waals surface area contributed by atoms with E-state index in [9.17, 15) is 0 Å². The summed E-state index contributed by atoms with van der Waals surface area (Å²) in [5, 5.41) is 1.53. The molecule has 2 rings (SSSR count). The second-order valence-corrected chi connectivity index (χ2v) is 6.26. The SMILES string of the molecule is Cc1cc2c(Cl)nc(C(C)(C)C)nc2s1. The highest BCUT2D eigenvalue weighted by molar-refractivity contribution is 7.18. The number of aromatic nitrogens is 2. The van der Waals surface area contributed by atoms with E-state index in [0.29, 0.717) is 5.15 Å². The number of nitrogens with zero attached hydrogens (tertiary/aromatic N) is 2. The van der Waals surface area contributed by atoms with Gasteiger partial charge in [-0.25, -0.2) is 9.97 Å². The molecule has 0 aliphatic carbocycles. The topological polar surface area (TPSA) is 25.8 Å². The van der Waals surface area contributed by atoms with E-state index in [2.05, 4.69) is 37.7 Å². The summed E-state index contributed by atoms with van der Waals surface area (Å²) in [5.74, 6) is 0.807. The highest BCUT2D eigenvalue weighted by Gasteiger charge is 2.19. The minimum absolute atomic E-state index is 0.0598. The third-order valence-electron chi connectivity index (χ3n) is 2.14. The summed E-state index contributed by atoms with van der Waals surface area (Å²) < 4.78 is 0. The predicted octanol–water partition coefficient (Wildman–Crippen LogP) is 3.95. The van der Waals surface area contributed by atoms with Crippen LogP contribution in [0.5, 0.6) is 0 Å². The van der Waals surface area contributed by atoms with Crippen molar-refractivity contribution in [2.75, 3.05) is 0 Å². The molecule has 2 aromatic rings. The van der Waals surface area contributed by atoms with Crippen molar-refractivity contribution in [1.82, 2.24) is 9.97 Å². The lowest BCUT2D eigenvalue weighted by molar-refractivity contribution is 0.549. The monoisotopic (exact) mass is 240 g/mol. The number of hydrogen-bond acceptors (Lipinski definition) is 3. The van der Waals surface area contributed by atoms with E-state index < -0.39 is 0 Å². The summed E-state index contributed by atoms with van der Waals surface area (Å²) in [6, 6.07) is 2.04. The summed E-state index contributed by atoms with van der Waals surface area (Å²) in [6.07, 6.45) is 0.